The number of nitrogen functional groups attached to an aromatic ring is 1. The lowest BCUT2D eigenvalue weighted by Crippen LogP contribution is -2.31. The molecule has 0 saturated carbocycles. The van der Waals surface area contributed by atoms with E-state index in [1.807, 2.05) is 6.07 Å². The fourth-order valence-electron chi connectivity index (χ4n) is 2.60. The second kappa shape index (κ2) is 6.02. The Kier molecular flexibility index (Phi) is 4.52. The van der Waals surface area contributed by atoms with Gasteiger partial charge in [-0.1, -0.05) is 20.8 Å². The minimum atomic E-state index is -0.126. The van der Waals surface area contributed by atoms with Crippen LogP contribution in [0.25, 0.3) is 0 Å². The summed E-state index contributed by atoms with van der Waals surface area (Å²) in [5.74, 6) is 0.873. The highest BCUT2D eigenvalue weighted by molar-refractivity contribution is 5.95. The molecule has 0 aromatic carbocycles. The number of hydrogen-bond donors (Lipinski definition) is 2. The maximum absolute atomic E-state index is 12.3. The van der Waals surface area contributed by atoms with E-state index in [1.54, 1.807) is 6.07 Å². The molecule has 1 fully saturated rings. The number of pyridine rings is 1. The Morgan fingerprint density at radius 3 is 2.76 bits per heavy atom. The monoisotopic (exact) mass is 290 g/mol. The van der Waals surface area contributed by atoms with Crippen LogP contribution in [0, 0.1) is 5.92 Å². The van der Waals surface area contributed by atoms with Crippen LogP contribution in [0.1, 0.15) is 43.2 Å². The first kappa shape index (κ1) is 15.8. The number of rotatable bonds is 3. The van der Waals surface area contributed by atoms with Gasteiger partial charge in [0.2, 0.25) is 0 Å². The summed E-state index contributed by atoms with van der Waals surface area (Å²) in [4.78, 5) is 18.9. The fraction of sp³-hybridized carbons (Fsp3) is 0.625. The van der Waals surface area contributed by atoms with Gasteiger partial charge in [-0.2, -0.15) is 0 Å². The van der Waals surface area contributed by atoms with Gasteiger partial charge in [-0.25, -0.2) is 4.98 Å². The first-order chi connectivity index (χ1) is 9.75. The van der Waals surface area contributed by atoms with Crippen LogP contribution in [-0.4, -0.2) is 42.5 Å². The van der Waals surface area contributed by atoms with Crippen molar-refractivity contribution in [2.24, 2.45) is 5.92 Å². The molecule has 0 radical (unpaired) electrons. The third-order valence-electron chi connectivity index (χ3n) is 3.92. The summed E-state index contributed by atoms with van der Waals surface area (Å²) in [7, 11) is 2.11. The zero-order valence-electron chi connectivity index (χ0n) is 13.4. The van der Waals surface area contributed by atoms with E-state index in [1.165, 1.54) is 0 Å². The number of nitrogens with one attached hydrogen (secondary N) is 1. The van der Waals surface area contributed by atoms with Crippen molar-refractivity contribution in [1.29, 1.82) is 0 Å². The molecule has 5 nitrogen and oxygen atoms in total. The van der Waals surface area contributed by atoms with E-state index in [9.17, 15) is 4.79 Å². The molecule has 1 aromatic heterocycles. The van der Waals surface area contributed by atoms with Crippen molar-refractivity contribution in [3.63, 3.8) is 0 Å². The van der Waals surface area contributed by atoms with Crippen LogP contribution in [0.5, 0.6) is 0 Å². The molecule has 1 unspecified atom stereocenters. The SMILES string of the molecule is CN1CCC(CNC(=O)c2cc(N)nc(C(C)(C)C)c2)C1. The van der Waals surface area contributed by atoms with Gasteiger partial charge in [0.1, 0.15) is 5.82 Å². The number of carbonyl (C=O) groups is 1. The van der Waals surface area contributed by atoms with E-state index in [4.69, 9.17) is 5.73 Å². The van der Waals surface area contributed by atoms with E-state index in [0.29, 0.717) is 17.3 Å². The molecule has 116 valence electrons. The highest BCUT2D eigenvalue weighted by Crippen LogP contribution is 2.22. The molecule has 1 aliphatic rings. The van der Waals surface area contributed by atoms with Crippen LogP contribution in [0.2, 0.25) is 0 Å². The second-order valence-electron chi connectivity index (χ2n) is 7.04. The van der Waals surface area contributed by atoms with Crippen LogP contribution in [0.15, 0.2) is 12.1 Å². The zero-order valence-corrected chi connectivity index (χ0v) is 13.4. The number of carbonyl (C=O) groups excluding carboxylic acids is 1. The molecular weight excluding hydrogens is 264 g/mol. The summed E-state index contributed by atoms with van der Waals surface area (Å²) >= 11 is 0. The molecule has 0 aliphatic carbocycles. The van der Waals surface area contributed by atoms with Crippen LogP contribution < -0.4 is 11.1 Å². The third kappa shape index (κ3) is 4.17. The van der Waals surface area contributed by atoms with Crippen LogP contribution >= 0.6 is 0 Å². The number of aromatic nitrogens is 1. The number of likely N-dealkylation sites (tertiary alicyclic amines) is 1. The molecule has 2 heterocycles. The summed E-state index contributed by atoms with van der Waals surface area (Å²) in [6.45, 7) is 9.06. The van der Waals surface area contributed by atoms with Crippen molar-refractivity contribution in [2.45, 2.75) is 32.6 Å². The Morgan fingerprint density at radius 2 is 2.19 bits per heavy atom. The van der Waals surface area contributed by atoms with Gasteiger partial charge < -0.3 is 16.0 Å². The lowest BCUT2D eigenvalue weighted by Gasteiger charge is -2.19. The van der Waals surface area contributed by atoms with Crippen molar-refractivity contribution in [3.8, 4) is 0 Å². The Bertz CT molecular complexity index is 521. The number of anilines is 1. The Hall–Kier alpha value is -1.62. The molecule has 2 rings (SSSR count). The summed E-state index contributed by atoms with van der Waals surface area (Å²) in [5.41, 5.74) is 7.14. The smallest absolute Gasteiger partial charge is 0.251 e. The van der Waals surface area contributed by atoms with Gasteiger partial charge in [-0.05, 0) is 38.1 Å². The quantitative estimate of drug-likeness (QED) is 0.888. The van der Waals surface area contributed by atoms with E-state index in [0.717, 1.165) is 31.7 Å². The zero-order chi connectivity index (χ0) is 15.6. The molecule has 1 amide bonds. The van der Waals surface area contributed by atoms with Crippen molar-refractivity contribution in [3.05, 3.63) is 23.4 Å². The second-order valence-corrected chi connectivity index (χ2v) is 7.04. The molecular formula is C16H26N4O. The molecule has 1 aromatic rings. The first-order valence-corrected chi connectivity index (χ1v) is 7.50. The molecule has 1 atom stereocenters. The van der Waals surface area contributed by atoms with Gasteiger partial charge in [-0.3, -0.25) is 4.79 Å². The molecule has 0 spiro atoms. The Balaban J connectivity index is 2.03. The fourth-order valence-corrected chi connectivity index (χ4v) is 2.60. The summed E-state index contributed by atoms with van der Waals surface area (Å²) in [6.07, 6.45) is 1.14. The van der Waals surface area contributed by atoms with Crippen molar-refractivity contribution >= 4 is 11.7 Å². The molecule has 3 N–H and O–H groups in total. The predicted molar refractivity (Wildman–Crippen MR) is 85.3 cm³/mol. The number of amides is 1. The third-order valence-corrected chi connectivity index (χ3v) is 3.92. The van der Waals surface area contributed by atoms with Gasteiger partial charge >= 0.3 is 0 Å². The van der Waals surface area contributed by atoms with Gasteiger partial charge in [0.25, 0.3) is 5.91 Å². The first-order valence-electron chi connectivity index (χ1n) is 7.50. The van der Waals surface area contributed by atoms with E-state index in [-0.39, 0.29) is 11.3 Å². The van der Waals surface area contributed by atoms with Crippen molar-refractivity contribution < 1.29 is 4.79 Å². The highest BCUT2D eigenvalue weighted by Gasteiger charge is 2.21. The van der Waals surface area contributed by atoms with Gasteiger partial charge in [0.05, 0.1) is 0 Å². The average Bonchev–Trinajstić information content (AvgIpc) is 2.80. The topological polar surface area (TPSA) is 71.2 Å². The number of nitrogens with zero attached hydrogens (tertiary/aromatic N) is 2. The summed E-state index contributed by atoms with van der Waals surface area (Å²) in [5, 5.41) is 3.02. The highest BCUT2D eigenvalue weighted by atomic mass is 16.1. The van der Waals surface area contributed by atoms with E-state index in [2.05, 4.69) is 43.0 Å². The van der Waals surface area contributed by atoms with E-state index < -0.39 is 0 Å². The van der Waals surface area contributed by atoms with Crippen LogP contribution in [0.4, 0.5) is 5.82 Å². The standard InChI is InChI=1S/C16H26N4O/c1-16(2,3)13-7-12(8-14(17)19-13)15(21)18-9-11-5-6-20(4)10-11/h7-8,11H,5-6,9-10H2,1-4H3,(H2,17,19)(H,18,21). The van der Waals surface area contributed by atoms with Crippen LogP contribution in [0.3, 0.4) is 0 Å². The Morgan fingerprint density at radius 1 is 1.48 bits per heavy atom. The number of hydrogen-bond acceptors (Lipinski definition) is 4. The molecule has 1 aliphatic heterocycles. The largest absolute Gasteiger partial charge is 0.384 e. The maximum Gasteiger partial charge on any atom is 0.251 e. The predicted octanol–water partition coefficient (Wildman–Crippen LogP) is 1.64. The van der Waals surface area contributed by atoms with Crippen molar-refractivity contribution in [1.82, 2.24) is 15.2 Å². The normalized spacial score (nSPS) is 19.7. The van der Waals surface area contributed by atoms with Crippen molar-refractivity contribution in [2.75, 3.05) is 32.4 Å². The van der Waals surface area contributed by atoms with Gasteiger partial charge in [0, 0.05) is 29.8 Å². The van der Waals surface area contributed by atoms with E-state index >= 15 is 0 Å². The lowest BCUT2D eigenvalue weighted by molar-refractivity contribution is 0.0947. The average molecular weight is 290 g/mol. The van der Waals surface area contributed by atoms with Crippen LogP contribution in [-0.2, 0) is 5.41 Å². The molecule has 5 heteroatoms. The molecule has 1 saturated heterocycles. The molecule has 0 bridgehead atoms. The molecule has 21 heavy (non-hydrogen) atoms. The summed E-state index contributed by atoms with van der Waals surface area (Å²) in [6, 6.07) is 3.48. The maximum atomic E-state index is 12.3. The van der Waals surface area contributed by atoms with Gasteiger partial charge in [-0.15, -0.1) is 0 Å². The summed E-state index contributed by atoms with van der Waals surface area (Å²) < 4.78 is 0. The Labute approximate surface area is 126 Å². The lowest BCUT2D eigenvalue weighted by atomic mass is 9.90. The minimum Gasteiger partial charge on any atom is -0.384 e. The minimum absolute atomic E-state index is 0.0656. The number of nitrogens with two attached hydrogens (primary N) is 1. The van der Waals surface area contributed by atoms with Gasteiger partial charge in [0.15, 0.2) is 0 Å².